The summed E-state index contributed by atoms with van der Waals surface area (Å²) in [5.74, 6) is 0. The summed E-state index contributed by atoms with van der Waals surface area (Å²) < 4.78 is 0. The van der Waals surface area contributed by atoms with Crippen LogP contribution in [-0.2, 0) is 0 Å². The van der Waals surface area contributed by atoms with Crippen LogP contribution in [-0.4, -0.2) is 30.3 Å². The van der Waals surface area contributed by atoms with E-state index in [9.17, 15) is 4.79 Å². The van der Waals surface area contributed by atoms with Gasteiger partial charge in [0.05, 0.1) is 0 Å². The Labute approximate surface area is 97.8 Å². The highest BCUT2D eigenvalue weighted by Crippen LogP contribution is 2.47. The number of hydrogen-bond donors (Lipinski definition) is 3. The quantitative estimate of drug-likeness (QED) is 0.620. The van der Waals surface area contributed by atoms with E-state index in [4.69, 9.17) is 5.11 Å². The molecule has 0 spiro atoms. The molecule has 1 atom stereocenters. The number of carbonyl (C=O) groups is 1. The minimum absolute atomic E-state index is 0.0786. The van der Waals surface area contributed by atoms with Crippen molar-refractivity contribution >= 4 is 6.03 Å². The lowest BCUT2D eigenvalue weighted by Gasteiger charge is -2.17. The highest BCUT2D eigenvalue weighted by atomic mass is 16.3. The zero-order chi connectivity index (χ0) is 12.0. The number of rotatable bonds is 7. The number of aliphatic hydroxyl groups is 1. The zero-order valence-electron chi connectivity index (χ0n) is 10.4. The molecular weight excluding hydrogens is 204 g/mol. The molecule has 16 heavy (non-hydrogen) atoms. The minimum atomic E-state index is -0.0786. The maximum Gasteiger partial charge on any atom is 0.315 e. The van der Waals surface area contributed by atoms with Crippen LogP contribution >= 0.6 is 0 Å². The average Bonchev–Trinajstić information content (AvgIpc) is 3.04. The third kappa shape index (κ3) is 4.39. The second-order valence-electron chi connectivity index (χ2n) is 4.95. The SMILES string of the molecule is CCC1(CNC(=O)NC(C)CCCO)CC1. The maximum atomic E-state index is 11.5. The molecule has 1 rings (SSSR count). The van der Waals surface area contributed by atoms with Gasteiger partial charge >= 0.3 is 6.03 Å². The second kappa shape index (κ2) is 6.09. The molecule has 0 radical (unpaired) electrons. The second-order valence-corrected chi connectivity index (χ2v) is 4.95. The largest absolute Gasteiger partial charge is 0.396 e. The lowest BCUT2D eigenvalue weighted by molar-refractivity contribution is 0.231. The van der Waals surface area contributed by atoms with Crippen LogP contribution < -0.4 is 10.6 Å². The van der Waals surface area contributed by atoms with E-state index in [2.05, 4.69) is 17.6 Å². The van der Waals surface area contributed by atoms with E-state index in [1.54, 1.807) is 0 Å². The van der Waals surface area contributed by atoms with E-state index >= 15 is 0 Å². The van der Waals surface area contributed by atoms with Crippen LogP contribution in [0.25, 0.3) is 0 Å². The first kappa shape index (κ1) is 13.3. The highest BCUT2D eigenvalue weighted by Gasteiger charge is 2.40. The van der Waals surface area contributed by atoms with Gasteiger partial charge in [-0.1, -0.05) is 6.92 Å². The van der Waals surface area contributed by atoms with E-state index in [-0.39, 0.29) is 18.7 Å². The highest BCUT2D eigenvalue weighted by molar-refractivity contribution is 5.74. The van der Waals surface area contributed by atoms with Gasteiger partial charge in [-0.25, -0.2) is 4.79 Å². The fraction of sp³-hybridized carbons (Fsp3) is 0.917. The van der Waals surface area contributed by atoms with Crippen LogP contribution in [0, 0.1) is 5.41 Å². The van der Waals surface area contributed by atoms with E-state index in [0.717, 1.165) is 25.8 Å². The van der Waals surface area contributed by atoms with Gasteiger partial charge in [0, 0.05) is 19.2 Å². The van der Waals surface area contributed by atoms with E-state index < -0.39 is 0 Å². The van der Waals surface area contributed by atoms with Crippen LogP contribution in [0.2, 0.25) is 0 Å². The monoisotopic (exact) mass is 228 g/mol. The first-order valence-electron chi connectivity index (χ1n) is 6.27. The summed E-state index contributed by atoms with van der Waals surface area (Å²) in [4.78, 5) is 11.5. The standard InChI is InChI=1S/C12H24N2O2/c1-3-12(6-7-12)9-13-11(16)14-10(2)5-4-8-15/h10,15H,3-9H2,1-2H3,(H2,13,14,16). The summed E-state index contributed by atoms with van der Waals surface area (Å²) in [5.41, 5.74) is 0.395. The van der Waals surface area contributed by atoms with Crippen LogP contribution in [0.15, 0.2) is 0 Å². The van der Waals surface area contributed by atoms with Gasteiger partial charge < -0.3 is 15.7 Å². The predicted octanol–water partition coefficient (Wildman–Crippen LogP) is 1.64. The summed E-state index contributed by atoms with van der Waals surface area (Å²) >= 11 is 0. The molecule has 0 bridgehead atoms. The number of amides is 2. The predicted molar refractivity (Wildman–Crippen MR) is 64.3 cm³/mol. The van der Waals surface area contributed by atoms with Gasteiger partial charge in [0.15, 0.2) is 0 Å². The molecule has 0 aromatic heterocycles. The van der Waals surface area contributed by atoms with Crippen LogP contribution in [0.3, 0.4) is 0 Å². The maximum absolute atomic E-state index is 11.5. The number of aliphatic hydroxyl groups excluding tert-OH is 1. The van der Waals surface area contributed by atoms with Gasteiger partial charge in [-0.3, -0.25) is 0 Å². The Bertz CT molecular complexity index is 227. The molecule has 4 heteroatoms. The number of hydrogen-bond acceptors (Lipinski definition) is 2. The first-order chi connectivity index (χ1) is 7.62. The normalized spacial score (nSPS) is 18.9. The molecule has 2 amide bonds. The summed E-state index contributed by atoms with van der Waals surface area (Å²) in [6.45, 7) is 5.12. The van der Waals surface area contributed by atoms with Crippen molar-refractivity contribution in [2.45, 2.75) is 52.0 Å². The summed E-state index contributed by atoms with van der Waals surface area (Å²) in [5, 5.41) is 14.5. The molecular formula is C12H24N2O2. The smallest absolute Gasteiger partial charge is 0.315 e. The van der Waals surface area contributed by atoms with Crippen molar-refractivity contribution in [2.75, 3.05) is 13.2 Å². The van der Waals surface area contributed by atoms with Crippen LogP contribution in [0.5, 0.6) is 0 Å². The summed E-state index contributed by atoms with van der Waals surface area (Å²) in [6, 6.07) is 0.0501. The molecule has 1 fully saturated rings. The van der Waals surface area contributed by atoms with E-state index in [1.165, 1.54) is 12.8 Å². The van der Waals surface area contributed by atoms with E-state index in [1.807, 2.05) is 6.92 Å². The third-order valence-electron chi connectivity index (χ3n) is 3.50. The molecule has 0 saturated heterocycles. The molecule has 1 aliphatic rings. The van der Waals surface area contributed by atoms with Gasteiger partial charge in [0.1, 0.15) is 0 Å². The number of nitrogens with one attached hydrogen (secondary N) is 2. The van der Waals surface area contributed by atoms with Gasteiger partial charge in [-0.2, -0.15) is 0 Å². The van der Waals surface area contributed by atoms with E-state index in [0.29, 0.717) is 5.41 Å². The Balaban J connectivity index is 2.10. The Hall–Kier alpha value is -0.770. The molecule has 4 nitrogen and oxygen atoms in total. The molecule has 0 heterocycles. The molecule has 3 N–H and O–H groups in total. The molecule has 1 aliphatic carbocycles. The van der Waals surface area contributed by atoms with Crippen molar-refractivity contribution in [3.63, 3.8) is 0 Å². The van der Waals surface area contributed by atoms with Crippen LogP contribution in [0.4, 0.5) is 4.79 Å². The van der Waals surface area contributed by atoms with Crippen molar-refractivity contribution in [1.29, 1.82) is 0 Å². The third-order valence-corrected chi connectivity index (χ3v) is 3.50. The molecule has 0 aromatic rings. The van der Waals surface area contributed by atoms with Gasteiger partial charge in [0.2, 0.25) is 0 Å². The Kier molecular flexibility index (Phi) is 5.06. The Morgan fingerprint density at radius 3 is 2.69 bits per heavy atom. The number of carbonyl (C=O) groups excluding carboxylic acids is 1. The lowest BCUT2D eigenvalue weighted by atomic mass is 10.0. The lowest BCUT2D eigenvalue weighted by Crippen LogP contribution is -2.42. The molecule has 0 aromatic carbocycles. The molecule has 94 valence electrons. The van der Waals surface area contributed by atoms with Crippen molar-refractivity contribution in [3.8, 4) is 0 Å². The van der Waals surface area contributed by atoms with Gasteiger partial charge in [-0.05, 0) is 44.4 Å². The fourth-order valence-electron chi connectivity index (χ4n) is 1.84. The molecule has 1 saturated carbocycles. The van der Waals surface area contributed by atoms with Crippen molar-refractivity contribution < 1.29 is 9.90 Å². The van der Waals surface area contributed by atoms with Gasteiger partial charge in [-0.15, -0.1) is 0 Å². The molecule has 1 unspecified atom stereocenters. The topological polar surface area (TPSA) is 61.4 Å². The Morgan fingerprint density at radius 2 is 2.19 bits per heavy atom. The fourth-order valence-corrected chi connectivity index (χ4v) is 1.84. The minimum Gasteiger partial charge on any atom is -0.396 e. The average molecular weight is 228 g/mol. The molecule has 0 aliphatic heterocycles. The van der Waals surface area contributed by atoms with Crippen LogP contribution in [0.1, 0.15) is 46.0 Å². The van der Waals surface area contributed by atoms with Crippen molar-refractivity contribution in [3.05, 3.63) is 0 Å². The Morgan fingerprint density at radius 1 is 1.50 bits per heavy atom. The summed E-state index contributed by atoms with van der Waals surface area (Å²) in [7, 11) is 0. The van der Waals surface area contributed by atoms with Gasteiger partial charge in [0.25, 0.3) is 0 Å². The zero-order valence-corrected chi connectivity index (χ0v) is 10.4. The van der Waals surface area contributed by atoms with Crippen molar-refractivity contribution in [2.24, 2.45) is 5.41 Å². The number of urea groups is 1. The first-order valence-corrected chi connectivity index (χ1v) is 6.27. The van der Waals surface area contributed by atoms with Crippen molar-refractivity contribution in [1.82, 2.24) is 10.6 Å². The summed E-state index contributed by atoms with van der Waals surface area (Å²) in [6.07, 6.45) is 5.18.